The van der Waals surface area contributed by atoms with Crippen molar-refractivity contribution in [1.82, 2.24) is 5.16 Å². The lowest BCUT2D eigenvalue weighted by Crippen LogP contribution is -2.10. The summed E-state index contributed by atoms with van der Waals surface area (Å²) in [5, 5.41) is 5.28. The maximum Gasteiger partial charge on any atom is 0.167 e. The third-order valence-corrected chi connectivity index (χ3v) is 2.91. The van der Waals surface area contributed by atoms with Crippen LogP contribution in [0.5, 0.6) is 0 Å². The molecule has 0 saturated carbocycles. The number of hydrogen-bond donors (Lipinski definition) is 0. The quantitative estimate of drug-likeness (QED) is 0.713. The Morgan fingerprint density at radius 2 is 1.88 bits per heavy atom. The fourth-order valence-corrected chi connectivity index (χ4v) is 1.84. The molecule has 0 aliphatic carbocycles. The molecule has 0 spiro atoms. The lowest BCUT2D eigenvalue weighted by molar-refractivity contribution is 0.440. The number of benzene rings is 1. The van der Waals surface area contributed by atoms with Crippen molar-refractivity contribution in [2.75, 3.05) is 0 Å². The molecule has 0 atom stereocenters. The van der Waals surface area contributed by atoms with Gasteiger partial charge in [0.05, 0.1) is 5.69 Å². The number of hydrogen-bond acceptors (Lipinski definition) is 2. The van der Waals surface area contributed by atoms with Gasteiger partial charge in [0.2, 0.25) is 0 Å². The van der Waals surface area contributed by atoms with Gasteiger partial charge in [-0.25, -0.2) is 0 Å². The van der Waals surface area contributed by atoms with E-state index >= 15 is 0 Å². The first-order valence-electron chi connectivity index (χ1n) is 5.79. The maximum absolute atomic E-state index is 5.40. The van der Waals surface area contributed by atoms with E-state index in [0.29, 0.717) is 5.92 Å². The summed E-state index contributed by atoms with van der Waals surface area (Å²) in [7, 11) is 0. The van der Waals surface area contributed by atoms with Crippen LogP contribution in [0.4, 0.5) is 0 Å². The lowest BCUT2D eigenvalue weighted by Gasteiger charge is -2.18. The minimum absolute atomic E-state index is 0.152. The van der Waals surface area contributed by atoms with E-state index in [9.17, 15) is 0 Å². The van der Waals surface area contributed by atoms with Crippen LogP contribution in [-0.2, 0) is 5.41 Å². The van der Waals surface area contributed by atoms with Gasteiger partial charge in [0.25, 0.3) is 0 Å². The van der Waals surface area contributed by atoms with Crippen molar-refractivity contribution in [2.24, 2.45) is 0 Å². The second kappa shape index (κ2) is 3.62. The third kappa shape index (κ3) is 1.84. The van der Waals surface area contributed by atoms with Crippen LogP contribution in [0.3, 0.4) is 0 Å². The van der Waals surface area contributed by atoms with E-state index in [1.54, 1.807) is 0 Å². The minimum atomic E-state index is 0.152. The SMILES string of the molecule is CC(C)c1noc2cc(C(C)(C)C)ccc12. The summed E-state index contributed by atoms with van der Waals surface area (Å²) in [5.41, 5.74) is 3.39. The van der Waals surface area contributed by atoms with Gasteiger partial charge >= 0.3 is 0 Å². The molecular formula is C14H19NO. The molecule has 0 fully saturated rings. The largest absolute Gasteiger partial charge is 0.356 e. The lowest BCUT2D eigenvalue weighted by atomic mass is 9.86. The predicted octanol–water partition coefficient (Wildman–Crippen LogP) is 4.25. The molecule has 0 aliphatic rings. The summed E-state index contributed by atoms with van der Waals surface area (Å²) in [6.07, 6.45) is 0. The fraction of sp³-hybridized carbons (Fsp3) is 0.500. The molecule has 0 unspecified atom stereocenters. The van der Waals surface area contributed by atoms with E-state index in [1.165, 1.54) is 5.56 Å². The van der Waals surface area contributed by atoms with Crippen LogP contribution in [0.1, 0.15) is 51.8 Å². The van der Waals surface area contributed by atoms with Gasteiger partial charge in [0.1, 0.15) is 0 Å². The van der Waals surface area contributed by atoms with Gasteiger partial charge in [-0.2, -0.15) is 0 Å². The van der Waals surface area contributed by atoms with Gasteiger partial charge < -0.3 is 4.52 Å². The predicted molar refractivity (Wildman–Crippen MR) is 66.8 cm³/mol. The van der Waals surface area contributed by atoms with Crippen LogP contribution >= 0.6 is 0 Å². The Kier molecular flexibility index (Phi) is 2.53. The summed E-state index contributed by atoms with van der Waals surface area (Å²) in [6.45, 7) is 10.9. The highest BCUT2D eigenvalue weighted by Gasteiger charge is 2.17. The van der Waals surface area contributed by atoms with E-state index < -0.39 is 0 Å². The summed E-state index contributed by atoms with van der Waals surface area (Å²) >= 11 is 0. The fourth-order valence-electron chi connectivity index (χ4n) is 1.84. The summed E-state index contributed by atoms with van der Waals surface area (Å²) in [5.74, 6) is 0.404. The highest BCUT2D eigenvalue weighted by atomic mass is 16.5. The first kappa shape index (κ1) is 11.2. The maximum atomic E-state index is 5.40. The Morgan fingerprint density at radius 3 is 2.44 bits per heavy atom. The number of aromatic nitrogens is 1. The van der Waals surface area contributed by atoms with Crippen LogP contribution in [0.25, 0.3) is 11.0 Å². The van der Waals surface area contributed by atoms with Crippen LogP contribution in [0.2, 0.25) is 0 Å². The van der Waals surface area contributed by atoms with E-state index in [2.05, 4.69) is 58.0 Å². The molecule has 2 rings (SSSR count). The molecule has 0 saturated heterocycles. The number of nitrogens with zero attached hydrogens (tertiary/aromatic N) is 1. The van der Waals surface area contributed by atoms with Crippen molar-refractivity contribution < 1.29 is 4.52 Å². The van der Waals surface area contributed by atoms with E-state index in [-0.39, 0.29) is 5.41 Å². The number of rotatable bonds is 1. The molecule has 0 aliphatic heterocycles. The van der Waals surface area contributed by atoms with E-state index in [1.807, 2.05) is 0 Å². The molecule has 0 N–H and O–H groups in total. The third-order valence-electron chi connectivity index (χ3n) is 2.91. The molecule has 1 aromatic heterocycles. The normalized spacial score (nSPS) is 12.6. The topological polar surface area (TPSA) is 26.0 Å². The zero-order valence-corrected chi connectivity index (χ0v) is 10.7. The van der Waals surface area contributed by atoms with E-state index in [0.717, 1.165) is 16.7 Å². The summed E-state index contributed by atoms with van der Waals surface area (Å²) in [6, 6.07) is 6.40. The van der Waals surface area contributed by atoms with Crippen LogP contribution in [0, 0.1) is 0 Å². The first-order valence-corrected chi connectivity index (χ1v) is 5.79. The molecule has 16 heavy (non-hydrogen) atoms. The molecule has 0 radical (unpaired) electrons. The van der Waals surface area contributed by atoms with Crippen molar-refractivity contribution in [3.8, 4) is 0 Å². The molecule has 2 heteroatoms. The molecule has 2 aromatic rings. The highest BCUT2D eigenvalue weighted by Crippen LogP contribution is 2.29. The van der Waals surface area contributed by atoms with Gasteiger partial charge in [0.15, 0.2) is 5.58 Å². The molecule has 2 nitrogen and oxygen atoms in total. The van der Waals surface area contributed by atoms with Crippen molar-refractivity contribution >= 4 is 11.0 Å². The van der Waals surface area contributed by atoms with Crippen molar-refractivity contribution in [3.05, 3.63) is 29.5 Å². The summed E-state index contributed by atoms with van der Waals surface area (Å²) < 4.78 is 5.40. The first-order chi connectivity index (χ1) is 7.39. The van der Waals surface area contributed by atoms with Gasteiger partial charge in [0, 0.05) is 5.39 Å². The van der Waals surface area contributed by atoms with Gasteiger partial charge in [-0.1, -0.05) is 45.8 Å². The Balaban J connectivity index is 2.58. The molecular weight excluding hydrogens is 198 g/mol. The van der Waals surface area contributed by atoms with Crippen molar-refractivity contribution in [2.45, 2.75) is 46.0 Å². The average molecular weight is 217 g/mol. The Bertz CT molecular complexity index is 503. The standard InChI is InChI=1S/C14H19NO/c1-9(2)13-11-7-6-10(14(3,4)5)8-12(11)16-15-13/h6-9H,1-5H3. The van der Waals surface area contributed by atoms with Crippen LogP contribution in [-0.4, -0.2) is 5.16 Å². The molecule has 1 aromatic carbocycles. The zero-order chi connectivity index (χ0) is 11.9. The molecule has 86 valence electrons. The average Bonchev–Trinajstić information content (AvgIpc) is 2.58. The van der Waals surface area contributed by atoms with Crippen LogP contribution in [0.15, 0.2) is 22.7 Å². The van der Waals surface area contributed by atoms with Crippen molar-refractivity contribution in [3.63, 3.8) is 0 Å². The Morgan fingerprint density at radius 1 is 1.19 bits per heavy atom. The van der Waals surface area contributed by atoms with E-state index in [4.69, 9.17) is 4.52 Å². The van der Waals surface area contributed by atoms with Gasteiger partial charge in [-0.05, 0) is 29.0 Å². The second-order valence-electron chi connectivity index (χ2n) is 5.68. The van der Waals surface area contributed by atoms with Crippen LogP contribution < -0.4 is 0 Å². The van der Waals surface area contributed by atoms with Gasteiger partial charge in [-0.3, -0.25) is 0 Å². The monoisotopic (exact) mass is 217 g/mol. The smallest absolute Gasteiger partial charge is 0.167 e. The Labute approximate surface area is 96.6 Å². The number of fused-ring (bicyclic) bond motifs is 1. The highest BCUT2D eigenvalue weighted by molar-refractivity contribution is 5.80. The van der Waals surface area contributed by atoms with Gasteiger partial charge in [-0.15, -0.1) is 0 Å². The molecule has 0 amide bonds. The minimum Gasteiger partial charge on any atom is -0.356 e. The Hall–Kier alpha value is -1.31. The second-order valence-corrected chi connectivity index (χ2v) is 5.68. The molecule has 1 heterocycles. The molecule has 0 bridgehead atoms. The van der Waals surface area contributed by atoms with Crippen molar-refractivity contribution in [1.29, 1.82) is 0 Å². The zero-order valence-electron chi connectivity index (χ0n) is 10.7. The summed E-state index contributed by atoms with van der Waals surface area (Å²) in [4.78, 5) is 0.